The first-order chi connectivity index (χ1) is 9.65. The normalized spacial score (nSPS) is 10.7. The van der Waals surface area contributed by atoms with Crippen molar-refractivity contribution in [2.24, 2.45) is 0 Å². The fourth-order valence-corrected chi connectivity index (χ4v) is 2.91. The molecule has 0 saturated heterocycles. The molecule has 0 fully saturated rings. The van der Waals surface area contributed by atoms with E-state index in [1.54, 1.807) is 16.8 Å². The molecule has 4 nitrogen and oxygen atoms in total. The molecule has 2 aromatic heterocycles. The summed E-state index contributed by atoms with van der Waals surface area (Å²) < 4.78 is 2.16. The topological polar surface area (TPSA) is 55.1 Å². The molecule has 6 heteroatoms. The average molecular weight is 305 g/mol. The smallest absolute Gasteiger partial charge is 0.339 e. The van der Waals surface area contributed by atoms with Crippen LogP contribution in [0.3, 0.4) is 0 Å². The van der Waals surface area contributed by atoms with Gasteiger partial charge in [-0.2, -0.15) is 5.10 Å². The van der Waals surface area contributed by atoms with E-state index in [1.807, 2.05) is 30.3 Å². The lowest BCUT2D eigenvalue weighted by molar-refractivity contribution is 0.0697. The van der Waals surface area contributed by atoms with E-state index in [9.17, 15) is 9.90 Å². The minimum atomic E-state index is -1.01. The molecule has 20 heavy (non-hydrogen) atoms. The number of halogens is 1. The lowest BCUT2D eigenvalue weighted by Crippen LogP contribution is -1.95. The lowest BCUT2D eigenvalue weighted by Gasteiger charge is -1.98. The van der Waals surface area contributed by atoms with Gasteiger partial charge in [0.15, 0.2) is 0 Å². The van der Waals surface area contributed by atoms with Crippen molar-refractivity contribution < 1.29 is 9.90 Å². The van der Waals surface area contributed by atoms with Crippen LogP contribution in [0.4, 0.5) is 0 Å². The SMILES string of the molecule is O=C(O)c1cn(-c2ccccc2)nc1-c1ccc(Cl)s1. The van der Waals surface area contributed by atoms with Crippen LogP contribution in [0.2, 0.25) is 4.34 Å². The molecule has 0 spiro atoms. The molecule has 100 valence electrons. The number of benzene rings is 1. The van der Waals surface area contributed by atoms with Crippen LogP contribution in [-0.2, 0) is 0 Å². The number of carboxylic acid groups (broad SMARTS) is 1. The molecule has 0 atom stereocenters. The van der Waals surface area contributed by atoms with E-state index in [0.717, 1.165) is 10.6 Å². The van der Waals surface area contributed by atoms with Crippen molar-refractivity contribution in [3.63, 3.8) is 0 Å². The van der Waals surface area contributed by atoms with Gasteiger partial charge < -0.3 is 5.11 Å². The summed E-state index contributed by atoms with van der Waals surface area (Å²) in [6, 6.07) is 12.9. The summed E-state index contributed by atoms with van der Waals surface area (Å²) in [5, 5.41) is 13.7. The van der Waals surface area contributed by atoms with E-state index in [4.69, 9.17) is 11.6 Å². The molecule has 0 unspecified atom stereocenters. The molecule has 0 aliphatic rings. The van der Waals surface area contributed by atoms with Crippen molar-refractivity contribution in [1.29, 1.82) is 0 Å². The molecular formula is C14H9ClN2O2S. The summed E-state index contributed by atoms with van der Waals surface area (Å²) in [6.45, 7) is 0. The summed E-state index contributed by atoms with van der Waals surface area (Å²) in [5.41, 5.74) is 1.40. The van der Waals surface area contributed by atoms with Crippen LogP contribution in [0.1, 0.15) is 10.4 Å². The highest BCUT2D eigenvalue weighted by Gasteiger charge is 2.19. The van der Waals surface area contributed by atoms with Gasteiger partial charge in [-0.15, -0.1) is 11.3 Å². The number of para-hydroxylation sites is 1. The highest BCUT2D eigenvalue weighted by molar-refractivity contribution is 7.19. The Morgan fingerprint density at radius 3 is 2.55 bits per heavy atom. The van der Waals surface area contributed by atoms with Crippen LogP contribution in [0.25, 0.3) is 16.3 Å². The van der Waals surface area contributed by atoms with Gasteiger partial charge in [-0.1, -0.05) is 29.8 Å². The Kier molecular flexibility index (Phi) is 3.30. The van der Waals surface area contributed by atoms with Gasteiger partial charge in [0.05, 0.1) is 14.9 Å². The van der Waals surface area contributed by atoms with Crippen molar-refractivity contribution in [3.8, 4) is 16.3 Å². The van der Waals surface area contributed by atoms with E-state index in [1.165, 1.54) is 17.5 Å². The fourth-order valence-electron chi connectivity index (χ4n) is 1.87. The number of aromatic nitrogens is 2. The van der Waals surface area contributed by atoms with Gasteiger partial charge in [0.1, 0.15) is 11.3 Å². The van der Waals surface area contributed by atoms with E-state index in [2.05, 4.69) is 5.10 Å². The van der Waals surface area contributed by atoms with Crippen LogP contribution in [0, 0.1) is 0 Å². The second-order valence-electron chi connectivity index (χ2n) is 4.08. The monoisotopic (exact) mass is 304 g/mol. The number of carboxylic acids is 1. The van der Waals surface area contributed by atoms with Crippen molar-refractivity contribution in [3.05, 3.63) is 58.6 Å². The fraction of sp³-hybridized carbons (Fsp3) is 0. The predicted molar refractivity (Wildman–Crippen MR) is 78.8 cm³/mol. The Morgan fingerprint density at radius 1 is 1.20 bits per heavy atom. The van der Waals surface area contributed by atoms with Crippen molar-refractivity contribution >= 4 is 28.9 Å². The molecule has 0 amide bonds. The highest BCUT2D eigenvalue weighted by Crippen LogP contribution is 2.32. The van der Waals surface area contributed by atoms with Crippen LogP contribution < -0.4 is 0 Å². The first-order valence-corrected chi connectivity index (χ1v) is 6.98. The first-order valence-electron chi connectivity index (χ1n) is 5.79. The van der Waals surface area contributed by atoms with Crippen LogP contribution in [0.15, 0.2) is 48.7 Å². The van der Waals surface area contributed by atoms with E-state index in [-0.39, 0.29) is 5.56 Å². The molecule has 1 N–H and O–H groups in total. The molecule has 1 aromatic carbocycles. The zero-order valence-corrected chi connectivity index (χ0v) is 11.7. The molecule has 0 aliphatic carbocycles. The average Bonchev–Trinajstić information content (AvgIpc) is 3.05. The number of rotatable bonds is 3. The van der Waals surface area contributed by atoms with Gasteiger partial charge in [-0.05, 0) is 24.3 Å². The summed E-state index contributed by atoms with van der Waals surface area (Å²) in [4.78, 5) is 12.1. The Labute approximate surface area is 123 Å². The van der Waals surface area contributed by atoms with Crippen LogP contribution in [0.5, 0.6) is 0 Å². The van der Waals surface area contributed by atoms with E-state index >= 15 is 0 Å². The van der Waals surface area contributed by atoms with E-state index < -0.39 is 5.97 Å². The van der Waals surface area contributed by atoms with Gasteiger partial charge >= 0.3 is 5.97 Å². The molecule has 0 radical (unpaired) electrons. The largest absolute Gasteiger partial charge is 0.478 e. The van der Waals surface area contributed by atoms with Gasteiger partial charge in [0.25, 0.3) is 0 Å². The molecule has 0 aliphatic heterocycles. The quantitative estimate of drug-likeness (QED) is 0.797. The predicted octanol–water partition coefficient (Wildman–Crippen LogP) is 3.95. The van der Waals surface area contributed by atoms with Gasteiger partial charge in [0.2, 0.25) is 0 Å². The second kappa shape index (κ2) is 5.11. The van der Waals surface area contributed by atoms with Gasteiger partial charge in [-0.25, -0.2) is 9.48 Å². The third-order valence-corrected chi connectivity index (χ3v) is 4.01. The zero-order chi connectivity index (χ0) is 14.1. The minimum Gasteiger partial charge on any atom is -0.478 e. The van der Waals surface area contributed by atoms with Crippen molar-refractivity contribution in [2.45, 2.75) is 0 Å². The number of hydrogen-bond acceptors (Lipinski definition) is 3. The Bertz CT molecular complexity index is 765. The van der Waals surface area contributed by atoms with Crippen LogP contribution in [-0.4, -0.2) is 20.9 Å². The summed E-state index contributed by atoms with van der Waals surface area (Å²) in [6.07, 6.45) is 1.51. The Balaban J connectivity index is 2.15. The van der Waals surface area contributed by atoms with Crippen molar-refractivity contribution in [1.82, 2.24) is 9.78 Å². The zero-order valence-electron chi connectivity index (χ0n) is 10.2. The van der Waals surface area contributed by atoms with Gasteiger partial charge in [-0.3, -0.25) is 0 Å². The second-order valence-corrected chi connectivity index (χ2v) is 5.80. The lowest BCUT2D eigenvalue weighted by atomic mass is 10.2. The molecule has 2 heterocycles. The maximum absolute atomic E-state index is 11.4. The molecule has 0 saturated carbocycles. The van der Waals surface area contributed by atoms with Crippen LogP contribution >= 0.6 is 22.9 Å². The maximum atomic E-state index is 11.4. The summed E-state index contributed by atoms with van der Waals surface area (Å²) >= 11 is 7.21. The number of carbonyl (C=O) groups is 1. The Hall–Kier alpha value is -2.11. The molecule has 3 aromatic rings. The van der Waals surface area contributed by atoms with E-state index in [0.29, 0.717) is 10.0 Å². The standard InChI is InChI=1S/C14H9ClN2O2S/c15-12-7-6-11(20-12)13-10(14(18)19)8-17(16-13)9-4-2-1-3-5-9/h1-8H,(H,18,19). The number of thiophene rings is 1. The summed E-state index contributed by atoms with van der Waals surface area (Å²) in [5.74, 6) is -1.01. The third kappa shape index (κ3) is 2.33. The molecule has 0 bridgehead atoms. The summed E-state index contributed by atoms with van der Waals surface area (Å²) in [7, 11) is 0. The molecule has 3 rings (SSSR count). The maximum Gasteiger partial charge on any atom is 0.339 e. The number of nitrogens with zero attached hydrogens (tertiary/aromatic N) is 2. The first kappa shape index (κ1) is 12.9. The number of aromatic carboxylic acids is 1. The Morgan fingerprint density at radius 2 is 1.95 bits per heavy atom. The number of hydrogen-bond donors (Lipinski definition) is 1. The third-order valence-electron chi connectivity index (χ3n) is 2.77. The highest BCUT2D eigenvalue weighted by atomic mass is 35.5. The van der Waals surface area contributed by atoms with Crippen molar-refractivity contribution in [2.75, 3.05) is 0 Å². The van der Waals surface area contributed by atoms with Gasteiger partial charge in [0, 0.05) is 6.20 Å². The molecular weight excluding hydrogens is 296 g/mol. The minimum absolute atomic E-state index is 0.160.